The molecule has 2 aromatic carbocycles. The Morgan fingerprint density at radius 3 is 2.81 bits per heavy atom. The first-order valence-corrected chi connectivity index (χ1v) is 9.94. The first kappa shape index (κ1) is 17.1. The molecule has 0 saturated carbocycles. The molecule has 6 heteroatoms. The fourth-order valence-corrected chi connectivity index (χ4v) is 4.40. The minimum absolute atomic E-state index is 0.172. The molecule has 2 heterocycles. The molecule has 4 nitrogen and oxygen atoms in total. The van der Waals surface area contributed by atoms with Crippen molar-refractivity contribution in [2.45, 2.75) is 17.1 Å². The molecule has 0 saturated heterocycles. The summed E-state index contributed by atoms with van der Waals surface area (Å²) in [7, 11) is -1.29. The number of furan rings is 1. The summed E-state index contributed by atoms with van der Waals surface area (Å²) in [5.41, 5.74) is 2.09. The van der Waals surface area contributed by atoms with Gasteiger partial charge in [-0.05, 0) is 48.4 Å². The highest BCUT2D eigenvalue weighted by molar-refractivity contribution is 7.84. The summed E-state index contributed by atoms with van der Waals surface area (Å²) < 4.78 is 18.1. The van der Waals surface area contributed by atoms with Crippen LogP contribution in [0.15, 0.2) is 70.0 Å². The van der Waals surface area contributed by atoms with Crippen LogP contribution in [0.25, 0.3) is 0 Å². The maximum atomic E-state index is 12.8. The van der Waals surface area contributed by atoms with Crippen molar-refractivity contribution in [3.63, 3.8) is 0 Å². The lowest BCUT2D eigenvalue weighted by Crippen LogP contribution is -2.28. The zero-order chi connectivity index (χ0) is 18.1. The lowest BCUT2D eigenvalue weighted by atomic mass is 10.2. The van der Waals surface area contributed by atoms with Crippen LogP contribution in [0.1, 0.15) is 21.9 Å². The maximum absolute atomic E-state index is 12.8. The van der Waals surface area contributed by atoms with Crippen LogP contribution in [0.3, 0.4) is 0 Å². The summed E-state index contributed by atoms with van der Waals surface area (Å²) in [6.45, 7) is 0.642. The number of para-hydroxylation sites is 1. The van der Waals surface area contributed by atoms with Crippen molar-refractivity contribution in [3.05, 3.63) is 82.8 Å². The van der Waals surface area contributed by atoms with Crippen LogP contribution in [-0.4, -0.2) is 16.7 Å². The Hall–Kier alpha value is -2.37. The normalized spacial score (nSPS) is 14.3. The van der Waals surface area contributed by atoms with Gasteiger partial charge in [-0.15, -0.1) is 0 Å². The number of halogens is 1. The summed E-state index contributed by atoms with van der Waals surface area (Å²) in [5.74, 6) is 0.804. The van der Waals surface area contributed by atoms with Gasteiger partial charge in [-0.2, -0.15) is 0 Å². The molecular weight excluding hydrogens is 370 g/mol. The standard InChI is InChI=1S/C20H16ClNO3S/c21-15-5-3-6-17(12-15)26(24)13-16-8-9-19(25-16)20(23)22-11-10-14-4-1-2-7-18(14)22/h1-9,12H,10-11,13H2/t26-/m1/s1. The van der Waals surface area contributed by atoms with Gasteiger partial charge in [0, 0.05) is 22.2 Å². The Morgan fingerprint density at radius 1 is 1.12 bits per heavy atom. The fraction of sp³-hybridized carbons (Fsp3) is 0.150. The molecule has 0 fully saturated rings. The Labute approximate surface area is 158 Å². The first-order chi connectivity index (χ1) is 12.6. The number of hydrogen-bond acceptors (Lipinski definition) is 3. The van der Waals surface area contributed by atoms with Crippen LogP contribution in [0, 0.1) is 0 Å². The minimum atomic E-state index is -1.29. The smallest absolute Gasteiger partial charge is 0.293 e. The monoisotopic (exact) mass is 385 g/mol. The molecule has 4 rings (SSSR count). The Kier molecular flexibility index (Phi) is 4.66. The van der Waals surface area contributed by atoms with Gasteiger partial charge in [0.2, 0.25) is 0 Å². The highest BCUT2D eigenvalue weighted by Gasteiger charge is 2.27. The summed E-state index contributed by atoms with van der Waals surface area (Å²) >= 11 is 5.94. The van der Waals surface area contributed by atoms with E-state index in [2.05, 4.69) is 0 Å². The number of rotatable bonds is 4. The predicted octanol–water partition coefficient (Wildman–Crippen LogP) is 4.44. The molecule has 1 amide bonds. The topological polar surface area (TPSA) is 50.5 Å². The second-order valence-electron chi connectivity index (χ2n) is 6.05. The summed E-state index contributed by atoms with van der Waals surface area (Å²) in [6.07, 6.45) is 0.842. The molecule has 1 aliphatic rings. The molecule has 0 radical (unpaired) electrons. The van der Waals surface area contributed by atoms with Gasteiger partial charge in [0.25, 0.3) is 5.91 Å². The van der Waals surface area contributed by atoms with E-state index in [0.29, 0.717) is 22.2 Å². The Morgan fingerprint density at radius 2 is 1.96 bits per heavy atom. The Balaban J connectivity index is 1.50. The average molecular weight is 386 g/mol. The van der Waals surface area contributed by atoms with Crippen molar-refractivity contribution in [1.29, 1.82) is 0 Å². The highest BCUT2D eigenvalue weighted by Crippen LogP contribution is 2.29. The molecule has 26 heavy (non-hydrogen) atoms. The SMILES string of the molecule is O=C(c1ccc(C[S@@](=O)c2cccc(Cl)c2)o1)N1CCc2ccccc21. The molecule has 0 unspecified atom stereocenters. The lowest BCUT2D eigenvalue weighted by Gasteiger charge is -2.15. The van der Waals surface area contributed by atoms with Gasteiger partial charge < -0.3 is 9.32 Å². The van der Waals surface area contributed by atoms with Gasteiger partial charge in [-0.3, -0.25) is 9.00 Å². The van der Waals surface area contributed by atoms with Crippen molar-refractivity contribution >= 4 is 34.0 Å². The zero-order valence-electron chi connectivity index (χ0n) is 13.9. The van der Waals surface area contributed by atoms with Gasteiger partial charge in [0.1, 0.15) is 5.76 Å². The lowest BCUT2D eigenvalue weighted by molar-refractivity contribution is 0.0961. The number of carbonyl (C=O) groups excluding carboxylic acids is 1. The van der Waals surface area contributed by atoms with Crippen molar-refractivity contribution < 1.29 is 13.4 Å². The van der Waals surface area contributed by atoms with Gasteiger partial charge in [-0.1, -0.05) is 35.9 Å². The number of nitrogens with zero attached hydrogens (tertiary/aromatic N) is 1. The summed E-state index contributed by atoms with van der Waals surface area (Å²) in [5, 5.41) is 0.541. The molecular formula is C20H16ClNO3S. The van der Waals surface area contributed by atoms with E-state index in [4.69, 9.17) is 16.0 Å². The van der Waals surface area contributed by atoms with E-state index in [1.54, 1.807) is 41.3 Å². The number of fused-ring (bicyclic) bond motifs is 1. The quantitative estimate of drug-likeness (QED) is 0.667. The fourth-order valence-electron chi connectivity index (χ4n) is 3.07. The third-order valence-electron chi connectivity index (χ3n) is 4.34. The largest absolute Gasteiger partial charge is 0.455 e. The van der Waals surface area contributed by atoms with Crippen LogP contribution in [-0.2, 0) is 23.0 Å². The number of amides is 1. The molecule has 1 aromatic heterocycles. The van der Waals surface area contributed by atoms with E-state index in [1.807, 2.05) is 24.3 Å². The first-order valence-electron chi connectivity index (χ1n) is 8.24. The summed E-state index contributed by atoms with van der Waals surface area (Å²) in [4.78, 5) is 15.1. The van der Waals surface area contributed by atoms with Crippen molar-refractivity contribution in [3.8, 4) is 0 Å². The molecule has 132 valence electrons. The van der Waals surface area contributed by atoms with Crippen LogP contribution in [0.2, 0.25) is 5.02 Å². The summed E-state index contributed by atoms with van der Waals surface area (Å²) in [6, 6.07) is 18.2. The number of benzene rings is 2. The van der Waals surface area contributed by atoms with Gasteiger partial charge >= 0.3 is 0 Å². The number of anilines is 1. The molecule has 0 bridgehead atoms. The van der Waals surface area contributed by atoms with Crippen LogP contribution >= 0.6 is 11.6 Å². The van der Waals surface area contributed by atoms with Crippen LogP contribution in [0.5, 0.6) is 0 Å². The van der Waals surface area contributed by atoms with E-state index >= 15 is 0 Å². The van der Waals surface area contributed by atoms with Gasteiger partial charge in [-0.25, -0.2) is 0 Å². The maximum Gasteiger partial charge on any atom is 0.293 e. The molecule has 0 spiro atoms. The molecule has 3 aromatic rings. The molecule has 0 N–H and O–H groups in total. The van der Waals surface area contributed by atoms with E-state index in [1.165, 1.54) is 0 Å². The predicted molar refractivity (Wildman–Crippen MR) is 102 cm³/mol. The second kappa shape index (κ2) is 7.09. The number of carbonyl (C=O) groups is 1. The van der Waals surface area contributed by atoms with Crippen molar-refractivity contribution in [2.24, 2.45) is 0 Å². The Bertz CT molecular complexity index is 998. The van der Waals surface area contributed by atoms with Gasteiger partial charge in [0.05, 0.1) is 16.6 Å². The highest BCUT2D eigenvalue weighted by atomic mass is 35.5. The molecule has 0 aliphatic carbocycles. The third kappa shape index (κ3) is 3.32. The molecule has 1 atom stereocenters. The zero-order valence-corrected chi connectivity index (χ0v) is 15.4. The minimum Gasteiger partial charge on any atom is -0.455 e. The van der Waals surface area contributed by atoms with Crippen molar-refractivity contribution in [2.75, 3.05) is 11.4 Å². The van der Waals surface area contributed by atoms with Gasteiger partial charge in [0.15, 0.2) is 5.76 Å². The third-order valence-corrected chi connectivity index (χ3v) is 5.90. The average Bonchev–Trinajstić information content (AvgIpc) is 3.28. The second-order valence-corrected chi connectivity index (χ2v) is 7.94. The van der Waals surface area contributed by atoms with Crippen molar-refractivity contribution in [1.82, 2.24) is 0 Å². The van der Waals surface area contributed by atoms with E-state index < -0.39 is 10.8 Å². The van der Waals surface area contributed by atoms with Crippen LogP contribution < -0.4 is 4.90 Å². The number of hydrogen-bond donors (Lipinski definition) is 0. The molecule has 1 aliphatic heterocycles. The van der Waals surface area contributed by atoms with E-state index in [9.17, 15) is 9.00 Å². The van der Waals surface area contributed by atoms with E-state index in [-0.39, 0.29) is 17.4 Å². The van der Waals surface area contributed by atoms with E-state index in [0.717, 1.165) is 17.7 Å². The van der Waals surface area contributed by atoms with Crippen LogP contribution in [0.4, 0.5) is 5.69 Å².